The lowest BCUT2D eigenvalue weighted by Gasteiger charge is -2.12. The topological polar surface area (TPSA) is 127 Å². The number of rotatable bonds is 8. The van der Waals surface area contributed by atoms with E-state index in [0.29, 0.717) is 0 Å². The van der Waals surface area contributed by atoms with Gasteiger partial charge < -0.3 is 15.2 Å². The first kappa shape index (κ1) is 30.8. The summed E-state index contributed by atoms with van der Waals surface area (Å²) in [5.74, 6) is -1.64. The zero-order valence-corrected chi connectivity index (χ0v) is 25.3. The van der Waals surface area contributed by atoms with Gasteiger partial charge in [0.25, 0.3) is 0 Å². The van der Waals surface area contributed by atoms with Crippen molar-refractivity contribution in [2.24, 2.45) is 9.98 Å². The second-order valence-electron chi connectivity index (χ2n) is 9.57. The van der Waals surface area contributed by atoms with Crippen LogP contribution < -0.4 is 15.2 Å². The summed E-state index contributed by atoms with van der Waals surface area (Å²) < 4.78 is 11.0. The van der Waals surface area contributed by atoms with Gasteiger partial charge in [-0.15, -0.1) is 25.3 Å². The lowest BCUT2D eigenvalue weighted by Crippen LogP contribution is -2.13. The van der Waals surface area contributed by atoms with Crippen LogP contribution in [-0.2, 0) is 0 Å². The predicted octanol–water partition coefficient (Wildman–Crippen LogP) is 7.66. The van der Waals surface area contributed by atoms with Gasteiger partial charge in [0.05, 0.1) is 34.1 Å². The minimum absolute atomic E-state index is 0.0878. The molecule has 0 aliphatic heterocycles. The second-order valence-corrected chi connectivity index (χ2v) is 10.6. The first-order valence-electron chi connectivity index (χ1n) is 13.4. The fourth-order valence-electron chi connectivity index (χ4n) is 3.94. The molecule has 0 aromatic heterocycles. The van der Waals surface area contributed by atoms with E-state index in [1.54, 1.807) is 61.0 Å². The van der Waals surface area contributed by atoms with Gasteiger partial charge in [0, 0.05) is 34.4 Å². The molecule has 5 rings (SSSR count). The number of anilines is 1. The molecule has 5 aromatic carbocycles. The van der Waals surface area contributed by atoms with E-state index in [2.05, 4.69) is 35.2 Å². The van der Waals surface area contributed by atoms with Crippen molar-refractivity contribution in [3.8, 4) is 17.6 Å². The van der Waals surface area contributed by atoms with Gasteiger partial charge in [-0.05, 0) is 83.9 Å². The average molecular weight is 629 g/mol. The fraction of sp³-hybridized carbons (Fsp3) is 0. The minimum atomic E-state index is -0.708. The molecular weight excluding hydrogens is 605 g/mol. The lowest BCUT2D eigenvalue weighted by atomic mass is 10.1. The number of ether oxygens (including phenoxy) is 2. The van der Waals surface area contributed by atoms with Crippen LogP contribution in [0.4, 0.5) is 17.1 Å². The fourth-order valence-corrected chi connectivity index (χ4v) is 4.24. The summed E-state index contributed by atoms with van der Waals surface area (Å²) in [6.07, 6.45) is 3.34. The minimum Gasteiger partial charge on any atom is -0.421 e. The number of carbonyl (C=O) groups is 2. The number of carbonyl (C=O) groups excluding carboxylic acids is 2. The van der Waals surface area contributed by atoms with Crippen LogP contribution in [0.3, 0.4) is 0 Å². The standard InChI is InChI=1S/C35H24N4O4S2/c36-19-24-17-31(42-34(40)25-5-1-22(2-6-25)20-38-27-9-13-29(44)14-10-27)33(37)32(18-24)43-35(41)26-7-3-23(4-8-26)21-39-28-11-15-30(45)16-12-28/h1-18,20-21,44-45H,37H2. The van der Waals surface area contributed by atoms with E-state index in [9.17, 15) is 14.9 Å². The van der Waals surface area contributed by atoms with Crippen LogP contribution >= 0.6 is 25.3 Å². The van der Waals surface area contributed by atoms with E-state index in [1.165, 1.54) is 12.1 Å². The molecule has 0 aliphatic carbocycles. The first-order chi connectivity index (χ1) is 21.8. The Balaban J connectivity index is 1.25. The summed E-state index contributed by atoms with van der Waals surface area (Å²) >= 11 is 8.52. The molecule has 5 aromatic rings. The predicted molar refractivity (Wildman–Crippen MR) is 180 cm³/mol. The van der Waals surface area contributed by atoms with Crippen LogP contribution in [0.15, 0.2) is 129 Å². The molecule has 45 heavy (non-hydrogen) atoms. The number of nitrogens with two attached hydrogens (primary N) is 1. The summed E-state index contributed by atoms with van der Waals surface area (Å²) in [4.78, 5) is 36.3. The SMILES string of the molecule is N#Cc1cc(OC(=O)c2ccc(C=Nc3ccc(S)cc3)cc2)c(N)c(OC(=O)c2ccc(C=Nc3ccc(S)cc3)cc2)c1. The third-order valence-electron chi connectivity index (χ3n) is 6.36. The molecule has 0 unspecified atom stereocenters. The van der Waals surface area contributed by atoms with Gasteiger partial charge in [-0.3, -0.25) is 9.98 Å². The Kier molecular flexibility index (Phi) is 9.74. The summed E-state index contributed by atoms with van der Waals surface area (Å²) in [7, 11) is 0. The molecule has 2 N–H and O–H groups in total. The number of nitriles is 1. The van der Waals surface area contributed by atoms with Crippen molar-refractivity contribution in [1.82, 2.24) is 0 Å². The molecule has 0 saturated carbocycles. The molecule has 0 fully saturated rings. The Morgan fingerprint density at radius 3 is 1.38 bits per heavy atom. The maximum atomic E-state index is 12.9. The third-order valence-corrected chi connectivity index (χ3v) is 6.95. The van der Waals surface area contributed by atoms with Crippen molar-refractivity contribution in [3.05, 3.63) is 137 Å². The van der Waals surface area contributed by atoms with E-state index in [0.717, 1.165) is 32.3 Å². The van der Waals surface area contributed by atoms with E-state index in [4.69, 9.17) is 15.2 Å². The Hall–Kier alpha value is -5.63. The monoisotopic (exact) mass is 628 g/mol. The highest BCUT2D eigenvalue weighted by molar-refractivity contribution is 7.80. The van der Waals surface area contributed by atoms with Crippen LogP contribution in [0.5, 0.6) is 11.5 Å². The van der Waals surface area contributed by atoms with Gasteiger partial charge in [-0.25, -0.2) is 9.59 Å². The van der Waals surface area contributed by atoms with Gasteiger partial charge in [-0.1, -0.05) is 24.3 Å². The number of thiol groups is 2. The molecule has 0 heterocycles. The number of nitrogen functional groups attached to an aromatic ring is 1. The number of esters is 2. The number of aliphatic imine (C=N–C) groups is 2. The van der Waals surface area contributed by atoms with E-state index >= 15 is 0 Å². The smallest absolute Gasteiger partial charge is 0.343 e. The van der Waals surface area contributed by atoms with Crippen molar-refractivity contribution in [3.63, 3.8) is 0 Å². The molecule has 0 atom stereocenters. The summed E-state index contributed by atoms with van der Waals surface area (Å²) in [6.45, 7) is 0. The highest BCUT2D eigenvalue weighted by Crippen LogP contribution is 2.34. The Bertz CT molecular complexity index is 1810. The third kappa shape index (κ3) is 8.26. The van der Waals surface area contributed by atoms with Gasteiger partial charge in [0.2, 0.25) is 0 Å². The normalized spacial score (nSPS) is 11.0. The van der Waals surface area contributed by atoms with Crippen LogP contribution in [0, 0.1) is 11.3 Å². The maximum absolute atomic E-state index is 12.9. The largest absolute Gasteiger partial charge is 0.421 e. The molecule has 0 spiro atoms. The summed E-state index contributed by atoms with van der Waals surface area (Å²) in [5.41, 5.74) is 9.74. The van der Waals surface area contributed by atoms with Crippen molar-refractivity contribution in [2.45, 2.75) is 9.79 Å². The number of benzene rings is 5. The average Bonchev–Trinajstić information content (AvgIpc) is 3.06. The van der Waals surface area contributed by atoms with Crippen molar-refractivity contribution >= 4 is 66.7 Å². The van der Waals surface area contributed by atoms with Crippen LogP contribution in [0.1, 0.15) is 37.4 Å². The van der Waals surface area contributed by atoms with E-state index in [1.807, 2.05) is 54.6 Å². The van der Waals surface area contributed by atoms with Crippen LogP contribution in [-0.4, -0.2) is 24.4 Å². The van der Waals surface area contributed by atoms with E-state index in [-0.39, 0.29) is 33.9 Å². The highest BCUT2D eigenvalue weighted by atomic mass is 32.1. The molecule has 0 amide bonds. The van der Waals surface area contributed by atoms with Crippen LogP contribution in [0.25, 0.3) is 0 Å². The van der Waals surface area contributed by atoms with Crippen LogP contribution in [0.2, 0.25) is 0 Å². The van der Waals surface area contributed by atoms with Gasteiger partial charge in [-0.2, -0.15) is 5.26 Å². The number of hydrogen-bond acceptors (Lipinski definition) is 10. The van der Waals surface area contributed by atoms with Crippen molar-refractivity contribution in [2.75, 3.05) is 5.73 Å². The summed E-state index contributed by atoms with van der Waals surface area (Å²) in [5, 5.41) is 9.53. The number of hydrogen-bond donors (Lipinski definition) is 3. The van der Waals surface area contributed by atoms with Gasteiger partial charge in [0.1, 0.15) is 5.69 Å². The summed E-state index contributed by atoms with van der Waals surface area (Å²) in [6, 6.07) is 32.5. The molecule has 10 heteroatoms. The second kappa shape index (κ2) is 14.2. The quantitative estimate of drug-likeness (QED) is 0.0532. The van der Waals surface area contributed by atoms with E-state index < -0.39 is 11.9 Å². The maximum Gasteiger partial charge on any atom is 0.343 e. The van der Waals surface area contributed by atoms with Crippen molar-refractivity contribution < 1.29 is 19.1 Å². The highest BCUT2D eigenvalue weighted by Gasteiger charge is 2.18. The first-order valence-corrected chi connectivity index (χ1v) is 14.3. The molecule has 0 bridgehead atoms. The molecular formula is C35H24N4O4S2. The van der Waals surface area contributed by atoms with Crippen molar-refractivity contribution in [1.29, 1.82) is 5.26 Å². The zero-order chi connectivity index (χ0) is 31.8. The molecule has 220 valence electrons. The molecule has 0 aliphatic rings. The Labute approximate surface area is 270 Å². The lowest BCUT2D eigenvalue weighted by molar-refractivity contribution is 0.0735. The number of nitrogens with zero attached hydrogens (tertiary/aromatic N) is 3. The molecule has 0 radical (unpaired) electrons. The van der Waals surface area contributed by atoms with Gasteiger partial charge in [0.15, 0.2) is 11.5 Å². The zero-order valence-electron chi connectivity index (χ0n) is 23.5. The van der Waals surface area contributed by atoms with Gasteiger partial charge >= 0.3 is 11.9 Å². The Morgan fingerprint density at radius 1 is 0.644 bits per heavy atom. The Morgan fingerprint density at radius 2 is 1.02 bits per heavy atom. The molecule has 8 nitrogen and oxygen atoms in total. The molecule has 0 saturated heterocycles.